The van der Waals surface area contributed by atoms with Crippen LogP contribution >= 0.6 is 12.2 Å². The van der Waals surface area contributed by atoms with Crippen molar-refractivity contribution in [2.75, 3.05) is 0 Å². The standard InChI is InChI=1S/C16H15N3S/c1-12(13-8-4-2-5-9-13)15-17-16(20)18-19(15)14-10-6-3-7-11-14/h2-12H,1H3,(H,18,20). The van der Waals surface area contributed by atoms with Crippen molar-refractivity contribution >= 4 is 12.2 Å². The Morgan fingerprint density at radius 3 is 2.25 bits per heavy atom. The van der Waals surface area contributed by atoms with E-state index >= 15 is 0 Å². The molecule has 0 saturated heterocycles. The maximum absolute atomic E-state index is 5.20. The monoisotopic (exact) mass is 281 g/mol. The van der Waals surface area contributed by atoms with Crippen LogP contribution in [0.15, 0.2) is 60.7 Å². The van der Waals surface area contributed by atoms with Gasteiger partial charge in [-0.1, -0.05) is 55.5 Å². The Kier molecular flexibility index (Phi) is 3.48. The molecule has 0 bridgehead atoms. The first-order chi connectivity index (χ1) is 9.75. The molecule has 0 aliphatic carbocycles. The first-order valence-corrected chi connectivity index (χ1v) is 6.96. The van der Waals surface area contributed by atoms with Crippen LogP contribution < -0.4 is 0 Å². The molecule has 1 unspecified atom stereocenters. The summed E-state index contributed by atoms with van der Waals surface area (Å²) in [7, 11) is 0. The average Bonchev–Trinajstić information content (AvgIpc) is 2.90. The number of benzene rings is 2. The zero-order valence-corrected chi connectivity index (χ0v) is 12.0. The van der Waals surface area contributed by atoms with Gasteiger partial charge < -0.3 is 0 Å². The number of rotatable bonds is 3. The van der Waals surface area contributed by atoms with Crippen LogP contribution in [-0.4, -0.2) is 14.8 Å². The smallest absolute Gasteiger partial charge is 0.213 e. The van der Waals surface area contributed by atoms with E-state index in [1.807, 2.05) is 53.2 Å². The van der Waals surface area contributed by atoms with E-state index in [0.717, 1.165) is 11.5 Å². The van der Waals surface area contributed by atoms with E-state index in [4.69, 9.17) is 12.2 Å². The van der Waals surface area contributed by atoms with Gasteiger partial charge in [-0.05, 0) is 29.9 Å². The van der Waals surface area contributed by atoms with E-state index in [1.54, 1.807) is 0 Å². The Labute approximate surface area is 122 Å². The summed E-state index contributed by atoms with van der Waals surface area (Å²) in [5, 5.41) is 3.13. The molecule has 0 aliphatic heterocycles. The molecular weight excluding hydrogens is 266 g/mol. The van der Waals surface area contributed by atoms with Gasteiger partial charge in [0.1, 0.15) is 5.82 Å². The maximum atomic E-state index is 5.20. The number of aromatic amines is 1. The lowest BCUT2D eigenvalue weighted by atomic mass is 10.0. The molecule has 0 radical (unpaired) electrons. The van der Waals surface area contributed by atoms with Crippen molar-refractivity contribution in [1.82, 2.24) is 14.8 Å². The molecule has 0 spiro atoms. The fourth-order valence-electron chi connectivity index (χ4n) is 2.29. The number of nitrogens with zero attached hydrogens (tertiary/aromatic N) is 2. The minimum atomic E-state index is 0.171. The maximum Gasteiger partial charge on any atom is 0.213 e. The molecule has 1 aromatic heterocycles. The molecule has 4 heteroatoms. The first-order valence-electron chi connectivity index (χ1n) is 6.55. The zero-order valence-electron chi connectivity index (χ0n) is 11.2. The minimum Gasteiger partial charge on any atom is -0.266 e. The Bertz CT molecular complexity index is 744. The summed E-state index contributed by atoms with van der Waals surface area (Å²) in [4.78, 5) is 4.49. The fourth-order valence-corrected chi connectivity index (χ4v) is 2.47. The number of para-hydroxylation sites is 1. The number of H-pyrrole nitrogens is 1. The molecule has 1 heterocycles. The number of hydrogen-bond acceptors (Lipinski definition) is 2. The van der Waals surface area contributed by atoms with E-state index < -0.39 is 0 Å². The Morgan fingerprint density at radius 1 is 1.00 bits per heavy atom. The van der Waals surface area contributed by atoms with Crippen molar-refractivity contribution in [2.24, 2.45) is 0 Å². The summed E-state index contributed by atoms with van der Waals surface area (Å²) in [5.41, 5.74) is 2.26. The normalized spacial score (nSPS) is 12.2. The summed E-state index contributed by atoms with van der Waals surface area (Å²) in [6.45, 7) is 2.14. The molecular formula is C16H15N3S. The lowest BCUT2D eigenvalue weighted by Gasteiger charge is -2.13. The minimum absolute atomic E-state index is 0.171. The second kappa shape index (κ2) is 5.43. The lowest BCUT2D eigenvalue weighted by molar-refractivity contribution is 0.740. The van der Waals surface area contributed by atoms with Crippen molar-refractivity contribution < 1.29 is 0 Å². The van der Waals surface area contributed by atoms with E-state index in [-0.39, 0.29) is 5.92 Å². The van der Waals surface area contributed by atoms with Crippen LogP contribution in [0.1, 0.15) is 24.2 Å². The van der Waals surface area contributed by atoms with Gasteiger partial charge in [0.15, 0.2) is 0 Å². The van der Waals surface area contributed by atoms with E-state index in [0.29, 0.717) is 4.77 Å². The zero-order chi connectivity index (χ0) is 13.9. The van der Waals surface area contributed by atoms with Crippen LogP contribution in [0.25, 0.3) is 5.69 Å². The predicted molar refractivity (Wildman–Crippen MR) is 82.7 cm³/mol. The highest BCUT2D eigenvalue weighted by atomic mass is 32.1. The second-order valence-electron chi connectivity index (χ2n) is 4.69. The Morgan fingerprint density at radius 2 is 1.60 bits per heavy atom. The third kappa shape index (κ3) is 2.42. The molecule has 1 atom stereocenters. The van der Waals surface area contributed by atoms with Gasteiger partial charge >= 0.3 is 0 Å². The fraction of sp³-hybridized carbons (Fsp3) is 0.125. The van der Waals surface area contributed by atoms with Gasteiger partial charge in [0, 0.05) is 5.92 Å². The van der Waals surface area contributed by atoms with Crippen molar-refractivity contribution in [3.05, 3.63) is 76.8 Å². The molecule has 0 fully saturated rings. The van der Waals surface area contributed by atoms with Gasteiger partial charge in [-0.25, -0.2) is 9.67 Å². The number of nitrogens with one attached hydrogen (secondary N) is 1. The summed E-state index contributed by atoms with van der Waals surface area (Å²) >= 11 is 5.20. The molecule has 100 valence electrons. The van der Waals surface area contributed by atoms with Gasteiger partial charge in [0.25, 0.3) is 0 Å². The highest BCUT2D eigenvalue weighted by molar-refractivity contribution is 7.71. The quantitative estimate of drug-likeness (QED) is 0.734. The van der Waals surface area contributed by atoms with E-state index in [1.165, 1.54) is 5.56 Å². The Balaban J connectivity index is 2.09. The molecule has 0 saturated carbocycles. The average molecular weight is 281 g/mol. The van der Waals surface area contributed by atoms with Gasteiger partial charge in [-0.2, -0.15) is 0 Å². The molecule has 2 aromatic carbocycles. The third-order valence-electron chi connectivity index (χ3n) is 3.35. The summed E-state index contributed by atoms with van der Waals surface area (Å²) < 4.78 is 2.46. The SMILES string of the molecule is CC(c1ccccc1)c1nc(=S)[nH]n1-c1ccccc1. The van der Waals surface area contributed by atoms with Crippen molar-refractivity contribution in [1.29, 1.82) is 0 Å². The molecule has 0 aliphatic rings. The van der Waals surface area contributed by atoms with E-state index in [9.17, 15) is 0 Å². The molecule has 3 rings (SSSR count). The van der Waals surface area contributed by atoms with Crippen LogP contribution in [0, 0.1) is 4.77 Å². The van der Waals surface area contributed by atoms with Crippen LogP contribution in [0.3, 0.4) is 0 Å². The van der Waals surface area contributed by atoms with Crippen LogP contribution in [-0.2, 0) is 0 Å². The van der Waals surface area contributed by atoms with Crippen LogP contribution in [0.5, 0.6) is 0 Å². The highest BCUT2D eigenvalue weighted by Crippen LogP contribution is 2.24. The number of hydrogen-bond donors (Lipinski definition) is 1. The van der Waals surface area contributed by atoms with Crippen molar-refractivity contribution in [3.8, 4) is 5.69 Å². The van der Waals surface area contributed by atoms with Crippen molar-refractivity contribution in [3.63, 3.8) is 0 Å². The molecule has 1 N–H and O–H groups in total. The van der Waals surface area contributed by atoms with Crippen LogP contribution in [0.4, 0.5) is 0 Å². The lowest BCUT2D eigenvalue weighted by Crippen LogP contribution is -2.07. The molecule has 3 nitrogen and oxygen atoms in total. The first kappa shape index (κ1) is 12.8. The molecule has 20 heavy (non-hydrogen) atoms. The highest BCUT2D eigenvalue weighted by Gasteiger charge is 2.16. The summed E-state index contributed by atoms with van der Waals surface area (Å²) in [5.74, 6) is 1.09. The summed E-state index contributed by atoms with van der Waals surface area (Å²) in [6.07, 6.45) is 0. The molecule has 0 amide bonds. The van der Waals surface area contributed by atoms with Gasteiger partial charge in [-0.15, -0.1) is 0 Å². The van der Waals surface area contributed by atoms with Gasteiger partial charge in [-0.3, -0.25) is 5.10 Å². The third-order valence-corrected chi connectivity index (χ3v) is 3.54. The van der Waals surface area contributed by atoms with Crippen molar-refractivity contribution in [2.45, 2.75) is 12.8 Å². The topological polar surface area (TPSA) is 33.6 Å². The van der Waals surface area contributed by atoms with Gasteiger partial charge in [0.05, 0.1) is 5.69 Å². The number of aromatic nitrogens is 3. The Hall–Kier alpha value is -2.20. The van der Waals surface area contributed by atoms with E-state index in [2.05, 4.69) is 29.1 Å². The second-order valence-corrected chi connectivity index (χ2v) is 5.08. The van der Waals surface area contributed by atoms with Crippen LogP contribution in [0.2, 0.25) is 0 Å². The summed E-state index contributed by atoms with van der Waals surface area (Å²) in [6, 6.07) is 20.4. The van der Waals surface area contributed by atoms with Gasteiger partial charge in [0.2, 0.25) is 4.77 Å². The largest absolute Gasteiger partial charge is 0.266 e. The predicted octanol–water partition coefficient (Wildman–Crippen LogP) is 4.08. The molecule has 3 aromatic rings.